The van der Waals surface area contributed by atoms with Crippen LogP contribution in [0.4, 0.5) is 10.5 Å². The van der Waals surface area contributed by atoms with E-state index in [-0.39, 0.29) is 0 Å². The van der Waals surface area contributed by atoms with Gasteiger partial charge < -0.3 is 4.74 Å². The van der Waals surface area contributed by atoms with E-state index >= 15 is 0 Å². The lowest BCUT2D eigenvalue weighted by Gasteiger charge is -2.04. The molecule has 0 aliphatic carbocycles. The highest BCUT2D eigenvalue weighted by Gasteiger charge is 2.10. The van der Waals surface area contributed by atoms with E-state index in [0.29, 0.717) is 17.2 Å². The summed E-state index contributed by atoms with van der Waals surface area (Å²) in [5.41, 5.74) is 2.17. The van der Waals surface area contributed by atoms with Crippen LogP contribution in [0.15, 0.2) is 24.3 Å². The Morgan fingerprint density at radius 3 is 2.84 bits per heavy atom. The monoisotopic (exact) mass is 280 g/mol. The molecule has 19 heavy (non-hydrogen) atoms. The summed E-state index contributed by atoms with van der Waals surface area (Å²) in [5.74, 6) is -0.555. The summed E-state index contributed by atoms with van der Waals surface area (Å²) in [5, 5.41) is 12.0. The first kappa shape index (κ1) is 13.3. The zero-order valence-corrected chi connectivity index (χ0v) is 10.9. The Morgan fingerprint density at radius 1 is 1.37 bits per heavy atom. The van der Waals surface area contributed by atoms with E-state index < -0.39 is 12.0 Å². The van der Waals surface area contributed by atoms with Crippen molar-refractivity contribution in [1.82, 2.24) is 5.48 Å². The van der Waals surface area contributed by atoms with Crippen molar-refractivity contribution in [2.75, 3.05) is 11.9 Å². The number of rotatable bonds is 3. The van der Waals surface area contributed by atoms with Gasteiger partial charge in [-0.2, -0.15) is 0 Å². The van der Waals surface area contributed by atoms with Crippen molar-refractivity contribution >= 4 is 39.1 Å². The van der Waals surface area contributed by atoms with E-state index in [2.05, 4.69) is 5.32 Å². The highest BCUT2D eigenvalue weighted by atomic mass is 32.1. The lowest BCUT2D eigenvalue weighted by Crippen LogP contribution is -2.16. The molecule has 1 aromatic carbocycles. The first-order valence-corrected chi connectivity index (χ1v) is 6.37. The van der Waals surface area contributed by atoms with Gasteiger partial charge in [0.15, 0.2) is 0 Å². The Hall–Kier alpha value is -2.12. The molecule has 0 spiro atoms. The average Bonchev–Trinajstić information content (AvgIpc) is 2.81. The fraction of sp³-hybridized carbons (Fsp3) is 0.167. The van der Waals surface area contributed by atoms with Crippen molar-refractivity contribution in [1.29, 1.82) is 0 Å². The number of nitrogens with one attached hydrogen (secondary N) is 2. The number of benzene rings is 1. The quantitative estimate of drug-likeness (QED) is 0.595. The van der Waals surface area contributed by atoms with Gasteiger partial charge in [-0.05, 0) is 30.5 Å². The molecule has 2 aromatic rings. The third-order valence-corrected chi connectivity index (χ3v) is 3.46. The molecule has 1 aromatic heterocycles. The van der Waals surface area contributed by atoms with Crippen molar-refractivity contribution < 1.29 is 19.5 Å². The van der Waals surface area contributed by atoms with Crippen molar-refractivity contribution in [2.24, 2.45) is 0 Å². The van der Waals surface area contributed by atoms with Crippen LogP contribution < -0.4 is 10.8 Å². The van der Waals surface area contributed by atoms with E-state index in [1.807, 2.05) is 0 Å². The molecular formula is C12H12N2O4S. The minimum atomic E-state index is -0.555. The van der Waals surface area contributed by atoms with Gasteiger partial charge in [0.25, 0.3) is 5.91 Å². The fourth-order valence-electron chi connectivity index (χ4n) is 1.56. The molecule has 0 atom stereocenters. The number of hydroxylamine groups is 1. The maximum atomic E-state index is 11.3. The van der Waals surface area contributed by atoms with E-state index in [9.17, 15) is 9.59 Å². The Balaban J connectivity index is 2.25. The normalized spacial score (nSPS) is 10.2. The smallest absolute Gasteiger partial charge is 0.411 e. The van der Waals surface area contributed by atoms with Gasteiger partial charge in [0, 0.05) is 10.4 Å². The molecule has 0 saturated carbocycles. The van der Waals surface area contributed by atoms with Crippen LogP contribution in [0.5, 0.6) is 0 Å². The van der Waals surface area contributed by atoms with Crippen LogP contribution >= 0.6 is 11.3 Å². The Morgan fingerprint density at radius 2 is 2.16 bits per heavy atom. The molecule has 0 unspecified atom stereocenters. The molecule has 6 nitrogen and oxygen atoms in total. The third-order valence-electron chi connectivity index (χ3n) is 2.37. The number of carbonyl (C=O) groups is 2. The molecule has 0 fully saturated rings. The van der Waals surface area contributed by atoms with Gasteiger partial charge in [-0.1, -0.05) is 6.07 Å². The fourth-order valence-corrected chi connectivity index (χ4v) is 2.55. The molecule has 0 saturated heterocycles. The average molecular weight is 280 g/mol. The summed E-state index contributed by atoms with van der Waals surface area (Å²) in [7, 11) is 0. The van der Waals surface area contributed by atoms with Crippen molar-refractivity contribution in [2.45, 2.75) is 6.92 Å². The Kier molecular flexibility index (Phi) is 3.98. The Bertz CT molecular complexity index is 623. The predicted octanol–water partition coefficient (Wildman–Crippen LogP) is 2.59. The molecule has 1 heterocycles. The maximum absolute atomic E-state index is 11.3. The second-order valence-electron chi connectivity index (χ2n) is 3.65. The number of amides is 2. The Labute approximate surface area is 112 Å². The van der Waals surface area contributed by atoms with E-state index in [0.717, 1.165) is 10.1 Å². The van der Waals surface area contributed by atoms with Gasteiger partial charge >= 0.3 is 6.09 Å². The summed E-state index contributed by atoms with van der Waals surface area (Å²) in [6, 6.07) is 6.90. The lowest BCUT2D eigenvalue weighted by atomic mass is 10.2. The van der Waals surface area contributed by atoms with Crippen molar-refractivity contribution in [3.63, 3.8) is 0 Å². The molecular weight excluding hydrogens is 268 g/mol. The number of hydrogen-bond donors (Lipinski definition) is 3. The van der Waals surface area contributed by atoms with Crippen LogP contribution in [0.1, 0.15) is 16.6 Å². The number of anilines is 1. The van der Waals surface area contributed by atoms with Gasteiger partial charge in [-0.15, -0.1) is 11.3 Å². The molecule has 100 valence electrons. The number of fused-ring (bicyclic) bond motifs is 1. The minimum absolute atomic E-state index is 0.300. The maximum Gasteiger partial charge on any atom is 0.411 e. The number of ether oxygens (including phenoxy) is 1. The van der Waals surface area contributed by atoms with Gasteiger partial charge in [0.1, 0.15) is 0 Å². The van der Waals surface area contributed by atoms with Crippen LogP contribution in [0.2, 0.25) is 0 Å². The summed E-state index contributed by atoms with van der Waals surface area (Å²) in [4.78, 5) is 23.0. The van der Waals surface area contributed by atoms with E-state index in [4.69, 9.17) is 9.94 Å². The van der Waals surface area contributed by atoms with Crippen LogP contribution in [0.3, 0.4) is 0 Å². The van der Waals surface area contributed by atoms with Crippen LogP contribution in [0, 0.1) is 0 Å². The zero-order valence-electron chi connectivity index (χ0n) is 10.1. The predicted molar refractivity (Wildman–Crippen MR) is 71.7 cm³/mol. The van der Waals surface area contributed by atoms with Crippen molar-refractivity contribution in [3.8, 4) is 0 Å². The molecule has 7 heteroatoms. The lowest BCUT2D eigenvalue weighted by molar-refractivity contribution is 0.0711. The molecule has 3 N–H and O–H groups in total. The summed E-state index contributed by atoms with van der Waals surface area (Å²) in [6.45, 7) is 2.02. The molecule has 0 radical (unpaired) electrons. The van der Waals surface area contributed by atoms with Crippen molar-refractivity contribution in [3.05, 3.63) is 29.1 Å². The van der Waals surface area contributed by atoms with Crippen LogP contribution in [-0.2, 0) is 4.74 Å². The van der Waals surface area contributed by atoms with Gasteiger partial charge in [0.05, 0.1) is 11.5 Å². The largest absolute Gasteiger partial charge is 0.450 e. The second kappa shape index (κ2) is 5.68. The first-order chi connectivity index (χ1) is 9.13. The van der Waals surface area contributed by atoms with Crippen LogP contribution in [-0.4, -0.2) is 23.8 Å². The van der Waals surface area contributed by atoms with Gasteiger partial charge in [-0.25, -0.2) is 10.3 Å². The summed E-state index contributed by atoms with van der Waals surface area (Å²) >= 11 is 1.22. The standard InChI is InChI=1S/C12H12N2O4S/c1-2-18-12(16)13-8-4-3-7-5-10(11(15)14-17)19-9(7)6-8/h3-6,17H,2H2,1H3,(H,13,16)(H,14,15). The number of hydrogen-bond acceptors (Lipinski definition) is 5. The van der Waals surface area contributed by atoms with E-state index in [1.54, 1.807) is 36.7 Å². The third kappa shape index (κ3) is 3.01. The van der Waals surface area contributed by atoms with E-state index in [1.165, 1.54) is 11.3 Å². The number of thiophene rings is 1. The molecule has 2 rings (SSSR count). The van der Waals surface area contributed by atoms with Gasteiger partial charge in [-0.3, -0.25) is 15.3 Å². The molecule has 2 amide bonds. The highest BCUT2D eigenvalue weighted by Crippen LogP contribution is 2.28. The highest BCUT2D eigenvalue weighted by molar-refractivity contribution is 7.20. The molecule has 0 bridgehead atoms. The first-order valence-electron chi connectivity index (χ1n) is 5.56. The molecule has 0 aliphatic rings. The zero-order chi connectivity index (χ0) is 13.8. The number of carbonyl (C=O) groups excluding carboxylic acids is 2. The summed E-state index contributed by atoms with van der Waals surface area (Å²) in [6.07, 6.45) is -0.522. The summed E-state index contributed by atoms with van der Waals surface area (Å²) < 4.78 is 5.60. The molecule has 0 aliphatic heterocycles. The van der Waals surface area contributed by atoms with Crippen LogP contribution in [0.25, 0.3) is 10.1 Å². The topological polar surface area (TPSA) is 87.7 Å². The SMILES string of the molecule is CCOC(=O)Nc1ccc2cc(C(=O)NO)sc2c1. The minimum Gasteiger partial charge on any atom is -0.450 e. The van der Waals surface area contributed by atoms with Gasteiger partial charge in [0.2, 0.25) is 0 Å². The second-order valence-corrected chi connectivity index (χ2v) is 4.73.